The summed E-state index contributed by atoms with van der Waals surface area (Å²) in [6.07, 6.45) is 46.7. The number of ether oxygens (including phenoxy) is 1. The zero-order valence-corrected chi connectivity index (χ0v) is 33.9. The van der Waals surface area contributed by atoms with Gasteiger partial charge in [0.25, 0.3) is 0 Å². The number of hydrogen-bond donors (Lipinski definition) is 3. The number of carboxylic acids is 1. The summed E-state index contributed by atoms with van der Waals surface area (Å²) < 4.78 is 5.86. The molecule has 0 heterocycles. The topological polar surface area (TPSA) is 119 Å². The van der Waals surface area contributed by atoms with E-state index in [0.717, 1.165) is 64.2 Å². The Bertz CT molecular complexity index is 915. The van der Waals surface area contributed by atoms with E-state index in [1.807, 2.05) is 0 Å². The van der Waals surface area contributed by atoms with E-state index < -0.39 is 12.0 Å². The molecule has 0 bridgehead atoms. The molecule has 1 amide bonds. The summed E-state index contributed by atoms with van der Waals surface area (Å²) in [6.45, 7) is 4.85. The molecule has 302 valence electrons. The monoisotopic (exact) mass is 731 g/mol. The highest BCUT2D eigenvalue weighted by molar-refractivity contribution is 5.83. The molecular weight excluding hydrogens is 649 g/mol. The molecule has 0 radical (unpaired) electrons. The minimum atomic E-state index is -1.02. The molecule has 0 aromatic heterocycles. The van der Waals surface area contributed by atoms with Crippen molar-refractivity contribution in [2.75, 3.05) is 6.54 Å². The first kappa shape index (κ1) is 49.6. The lowest BCUT2D eigenvalue weighted by Crippen LogP contribution is -2.40. The number of carboxylic acid groups (broad SMARTS) is 1. The van der Waals surface area contributed by atoms with Crippen LogP contribution < -0.4 is 11.1 Å². The van der Waals surface area contributed by atoms with Crippen LogP contribution in [-0.4, -0.2) is 41.6 Å². The molecule has 0 aliphatic rings. The largest absolute Gasteiger partial charge is 0.480 e. The van der Waals surface area contributed by atoms with Crippen molar-refractivity contribution < 1.29 is 24.2 Å². The molecule has 0 aliphatic heterocycles. The normalized spacial score (nSPS) is 13.0. The van der Waals surface area contributed by atoms with E-state index in [2.05, 4.69) is 55.6 Å². The summed E-state index contributed by atoms with van der Waals surface area (Å²) in [5.41, 5.74) is 5.47. The first-order valence-corrected chi connectivity index (χ1v) is 21.8. The second-order valence-corrected chi connectivity index (χ2v) is 14.7. The van der Waals surface area contributed by atoms with Gasteiger partial charge >= 0.3 is 11.9 Å². The lowest BCUT2D eigenvalue weighted by atomic mass is 10.0. The maximum Gasteiger partial charge on any atom is 0.326 e. The molecule has 0 fully saturated rings. The Morgan fingerprint density at radius 1 is 0.577 bits per heavy atom. The number of allylic oxidation sites excluding steroid dienone is 5. The molecule has 4 N–H and O–H groups in total. The van der Waals surface area contributed by atoms with Gasteiger partial charge in [0.2, 0.25) is 5.91 Å². The summed E-state index contributed by atoms with van der Waals surface area (Å²) in [5.74, 6) is -1.34. The SMILES string of the molecule is CCCC/C=C\C(CCCCCCC(=O)NC(CCCN)C(=O)O)OC(=O)CCCCCCCCCCCCC/C=C\C/C=C\CCCCCCC. The van der Waals surface area contributed by atoms with Gasteiger partial charge in [-0.1, -0.05) is 153 Å². The van der Waals surface area contributed by atoms with Gasteiger partial charge in [-0.05, 0) is 89.7 Å². The van der Waals surface area contributed by atoms with E-state index in [4.69, 9.17) is 10.5 Å². The van der Waals surface area contributed by atoms with Gasteiger partial charge in [0, 0.05) is 12.8 Å². The van der Waals surface area contributed by atoms with Crippen molar-refractivity contribution in [3.8, 4) is 0 Å². The molecule has 7 heteroatoms. The smallest absolute Gasteiger partial charge is 0.326 e. The Hall–Kier alpha value is -2.41. The van der Waals surface area contributed by atoms with Gasteiger partial charge in [-0.2, -0.15) is 0 Å². The van der Waals surface area contributed by atoms with Crippen LogP contribution in [0.5, 0.6) is 0 Å². The van der Waals surface area contributed by atoms with E-state index in [0.29, 0.717) is 38.6 Å². The molecule has 7 nitrogen and oxygen atoms in total. The molecule has 0 spiro atoms. The number of carbonyl (C=O) groups excluding carboxylic acids is 2. The van der Waals surface area contributed by atoms with Gasteiger partial charge in [-0.15, -0.1) is 0 Å². The highest BCUT2D eigenvalue weighted by atomic mass is 16.5. The van der Waals surface area contributed by atoms with Crippen molar-refractivity contribution in [3.05, 3.63) is 36.5 Å². The second kappa shape index (κ2) is 39.8. The number of carbonyl (C=O) groups is 3. The van der Waals surface area contributed by atoms with Crippen LogP contribution in [0.4, 0.5) is 0 Å². The molecule has 0 aromatic rings. The fraction of sp³-hybridized carbons (Fsp3) is 0.800. The summed E-state index contributed by atoms with van der Waals surface area (Å²) in [7, 11) is 0. The summed E-state index contributed by atoms with van der Waals surface area (Å²) >= 11 is 0. The van der Waals surface area contributed by atoms with Gasteiger partial charge in [0.15, 0.2) is 0 Å². The highest BCUT2D eigenvalue weighted by Gasteiger charge is 2.19. The van der Waals surface area contributed by atoms with Crippen LogP contribution in [0.3, 0.4) is 0 Å². The lowest BCUT2D eigenvalue weighted by molar-refractivity contribution is -0.147. The molecule has 2 atom stereocenters. The average Bonchev–Trinajstić information content (AvgIpc) is 3.13. The summed E-state index contributed by atoms with van der Waals surface area (Å²) in [4.78, 5) is 36.1. The predicted octanol–water partition coefficient (Wildman–Crippen LogP) is 12.2. The Balaban J connectivity index is 3.90. The van der Waals surface area contributed by atoms with Crippen LogP contribution in [0, 0.1) is 0 Å². The van der Waals surface area contributed by atoms with E-state index in [1.54, 1.807) is 0 Å². The lowest BCUT2D eigenvalue weighted by Gasteiger charge is -2.15. The second-order valence-electron chi connectivity index (χ2n) is 14.7. The zero-order chi connectivity index (χ0) is 38.2. The molecule has 0 aromatic carbocycles. The molecule has 52 heavy (non-hydrogen) atoms. The molecular formula is C45H82N2O5. The minimum absolute atomic E-state index is 0.0970. The Morgan fingerprint density at radius 2 is 1.08 bits per heavy atom. The van der Waals surface area contributed by atoms with E-state index in [1.165, 1.54) is 103 Å². The Morgan fingerprint density at radius 3 is 1.63 bits per heavy atom. The summed E-state index contributed by atoms with van der Waals surface area (Å²) in [6, 6.07) is -0.869. The average molecular weight is 731 g/mol. The zero-order valence-electron chi connectivity index (χ0n) is 33.9. The van der Waals surface area contributed by atoms with Crippen molar-refractivity contribution in [1.82, 2.24) is 5.32 Å². The van der Waals surface area contributed by atoms with E-state index in [9.17, 15) is 19.5 Å². The minimum Gasteiger partial charge on any atom is -0.480 e. The number of nitrogens with two attached hydrogens (primary N) is 1. The first-order valence-electron chi connectivity index (χ1n) is 21.8. The van der Waals surface area contributed by atoms with Gasteiger partial charge in [0.1, 0.15) is 12.1 Å². The van der Waals surface area contributed by atoms with Crippen LogP contribution in [0.2, 0.25) is 0 Å². The van der Waals surface area contributed by atoms with Crippen LogP contribution in [0.25, 0.3) is 0 Å². The number of amides is 1. The number of esters is 1. The van der Waals surface area contributed by atoms with E-state index in [-0.39, 0.29) is 18.0 Å². The van der Waals surface area contributed by atoms with Gasteiger partial charge < -0.3 is 20.9 Å². The third kappa shape index (κ3) is 36.0. The van der Waals surface area contributed by atoms with E-state index >= 15 is 0 Å². The maximum atomic E-state index is 12.6. The van der Waals surface area contributed by atoms with Crippen molar-refractivity contribution in [2.24, 2.45) is 5.73 Å². The van der Waals surface area contributed by atoms with Crippen molar-refractivity contribution in [1.29, 1.82) is 0 Å². The van der Waals surface area contributed by atoms with Crippen LogP contribution in [0.1, 0.15) is 213 Å². The molecule has 2 unspecified atom stereocenters. The molecule has 0 saturated carbocycles. The van der Waals surface area contributed by atoms with Crippen molar-refractivity contribution in [3.63, 3.8) is 0 Å². The summed E-state index contributed by atoms with van der Waals surface area (Å²) in [5, 5.41) is 11.9. The number of hydrogen-bond acceptors (Lipinski definition) is 5. The standard InChI is InChI=1S/C45H82N2O5/c1-3-5-7-9-10-11-12-13-14-15-16-17-18-19-20-21-22-23-24-25-26-27-33-39-44(49)52-41(35-30-8-6-4-2)36-31-28-29-32-38-43(48)47-42(45(50)51)37-34-40-46/h12-13,15-16,30,35,41-42H,3-11,14,17-29,31-34,36-40,46H2,1-2H3,(H,47,48)(H,50,51)/b13-12-,16-15-,35-30-. The first-order chi connectivity index (χ1) is 25.4. The molecule has 0 aliphatic carbocycles. The third-order valence-electron chi connectivity index (χ3n) is 9.66. The molecule has 0 rings (SSSR count). The van der Waals surface area contributed by atoms with Crippen LogP contribution in [-0.2, 0) is 19.1 Å². The molecule has 0 saturated heterocycles. The van der Waals surface area contributed by atoms with Gasteiger partial charge in [-0.3, -0.25) is 9.59 Å². The van der Waals surface area contributed by atoms with Gasteiger partial charge in [0.05, 0.1) is 0 Å². The number of unbranched alkanes of at least 4 members (excludes halogenated alkanes) is 21. The third-order valence-corrected chi connectivity index (χ3v) is 9.66. The van der Waals surface area contributed by atoms with Gasteiger partial charge in [-0.25, -0.2) is 4.79 Å². The quantitative estimate of drug-likeness (QED) is 0.0329. The fourth-order valence-corrected chi connectivity index (χ4v) is 6.32. The van der Waals surface area contributed by atoms with Crippen LogP contribution in [0.15, 0.2) is 36.5 Å². The van der Waals surface area contributed by atoms with Crippen LogP contribution >= 0.6 is 0 Å². The van der Waals surface area contributed by atoms with Crippen molar-refractivity contribution in [2.45, 2.75) is 225 Å². The Kier molecular flexibility index (Phi) is 37.9. The maximum absolute atomic E-state index is 12.6. The fourth-order valence-electron chi connectivity index (χ4n) is 6.32. The number of aliphatic carboxylic acids is 1. The predicted molar refractivity (Wildman–Crippen MR) is 220 cm³/mol. The van der Waals surface area contributed by atoms with Crippen molar-refractivity contribution >= 4 is 17.8 Å². The highest BCUT2D eigenvalue weighted by Crippen LogP contribution is 2.16. The number of rotatable bonds is 39. The Labute approximate surface area is 320 Å². The number of nitrogens with one attached hydrogen (secondary N) is 1.